The van der Waals surface area contributed by atoms with Gasteiger partial charge in [-0.25, -0.2) is 9.97 Å². The van der Waals surface area contributed by atoms with Crippen LogP contribution in [0.5, 0.6) is 11.5 Å². The Hall–Kier alpha value is -2.28. The lowest BCUT2D eigenvalue weighted by Gasteiger charge is -2.15. The normalized spacial score (nSPS) is 16.4. The molecule has 6 nitrogen and oxygen atoms in total. The Morgan fingerprint density at radius 1 is 1.11 bits per heavy atom. The summed E-state index contributed by atoms with van der Waals surface area (Å²) in [4.78, 5) is 9.07. The van der Waals surface area contributed by atoms with E-state index in [0.717, 1.165) is 36.0 Å². The van der Waals surface area contributed by atoms with Crippen molar-refractivity contribution >= 4 is 40.1 Å². The molecule has 1 fully saturated rings. The Balaban J connectivity index is 1.74. The monoisotopic (exact) mass is 418 g/mol. The first-order chi connectivity index (χ1) is 13.6. The average molecular weight is 419 g/mol. The zero-order chi connectivity index (χ0) is 19.7. The van der Waals surface area contributed by atoms with Crippen LogP contribution >= 0.6 is 23.2 Å². The largest absolute Gasteiger partial charge is 0.495 e. The van der Waals surface area contributed by atoms with Crippen LogP contribution in [0.3, 0.4) is 0 Å². The summed E-state index contributed by atoms with van der Waals surface area (Å²) < 4.78 is 10.7. The number of hydrogen-bond acceptors (Lipinski definition) is 6. The van der Waals surface area contributed by atoms with E-state index in [4.69, 9.17) is 32.7 Å². The summed E-state index contributed by atoms with van der Waals surface area (Å²) in [7, 11) is 3.11. The highest BCUT2D eigenvalue weighted by molar-refractivity contribution is 6.41. The number of anilines is 1. The number of nitrogens with zero attached hydrogens (tertiary/aromatic N) is 2. The second-order valence-corrected chi connectivity index (χ2v) is 7.34. The number of rotatable bonds is 5. The SMILES string of the molecule is COc1cc(OC)c(Cl)c(-c2ccc3nc(N[C@@H]4CCNC4)ncc3c2)c1Cl. The van der Waals surface area contributed by atoms with Crippen molar-refractivity contribution in [2.45, 2.75) is 12.5 Å². The van der Waals surface area contributed by atoms with Crippen LogP contribution in [0.1, 0.15) is 6.42 Å². The molecule has 8 heteroatoms. The summed E-state index contributed by atoms with van der Waals surface area (Å²) in [6.45, 7) is 1.94. The highest BCUT2D eigenvalue weighted by Crippen LogP contribution is 2.46. The molecule has 1 aliphatic heterocycles. The van der Waals surface area contributed by atoms with Gasteiger partial charge in [0.25, 0.3) is 0 Å². The zero-order valence-electron chi connectivity index (χ0n) is 15.6. The van der Waals surface area contributed by atoms with Crippen molar-refractivity contribution in [1.29, 1.82) is 0 Å². The maximum atomic E-state index is 6.54. The van der Waals surface area contributed by atoms with Gasteiger partial charge >= 0.3 is 0 Å². The number of methoxy groups -OCH3 is 2. The molecule has 2 heterocycles. The molecule has 0 radical (unpaired) electrons. The Morgan fingerprint density at radius 3 is 2.50 bits per heavy atom. The van der Waals surface area contributed by atoms with E-state index in [2.05, 4.69) is 20.6 Å². The first-order valence-electron chi connectivity index (χ1n) is 8.95. The van der Waals surface area contributed by atoms with Gasteiger partial charge in [-0.05, 0) is 30.7 Å². The van der Waals surface area contributed by atoms with Crippen molar-refractivity contribution in [2.75, 3.05) is 32.6 Å². The summed E-state index contributed by atoms with van der Waals surface area (Å²) in [6, 6.07) is 7.86. The third kappa shape index (κ3) is 3.55. The Bertz CT molecular complexity index is 994. The summed E-state index contributed by atoms with van der Waals surface area (Å²) >= 11 is 13.1. The lowest BCUT2D eigenvalue weighted by atomic mass is 10.0. The van der Waals surface area contributed by atoms with Gasteiger partial charge in [-0.1, -0.05) is 29.3 Å². The molecule has 0 spiro atoms. The molecule has 28 heavy (non-hydrogen) atoms. The topological polar surface area (TPSA) is 68.3 Å². The van der Waals surface area contributed by atoms with Crippen molar-refractivity contribution in [1.82, 2.24) is 15.3 Å². The fraction of sp³-hybridized carbons (Fsp3) is 0.300. The van der Waals surface area contributed by atoms with Gasteiger partial charge in [0.15, 0.2) is 0 Å². The minimum Gasteiger partial charge on any atom is -0.495 e. The molecule has 3 aromatic rings. The molecule has 0 saturated carbocycles. The highest BCUT2D eigenvalue weighted by atomic mass is 35.5. The Morgan fingerprint density at radius 2 is 1.86 bits per heavy atom. The predicted molar refractivity (Wildman–Crippen MR) is 113 cm³/mol. The van der Waals surface area contributed by atoms with Crippen LogP contribution in [0, 0.1) is 0 Å². The average Bonchev–Trinajstić information content (AvgIpc) is 3.21. The first kappa shape index (κ1) is 19.1. The maximum Gasteiger partial charge on any atom is 0.223 e. The predicted octanol–water partition coefficient (Wildman–Crippen LogP) is 4.39. The van der Waals surface area contributed by atoms with Crippen LogP contribution in [0.15, 0.2) is 30.5 Å². The molecule has 0 aliphatic carbocycles. The third-order valence-electron chi connectivity index (χ3n) is 4.84. The molecule has 2 N–H and O–H groups in total. The summed E-state index contributed by atoms with van der Waals surface area (Å²) in [5.41, 5.74) is 2.33. The zero-order valence-corrected chi connectivity index (χ0v) is 17.1. The van der Waals surface area contributed by atoms with Crippen molar-refractivity contribution < 1.29 is 9.47 Å². The number of hydrogen-bond donors (Lipinski definition) is 2. The molecule has 1 aliphatic rings. The van der Waals surface area contributed by atoms with E-state index in [0.29, 0.717) is 39.1 Å². The lowest BCUT2D eigenvalue weighted by molar-refractivity contribution is 0.395. The molecule has 1 saturated heterocycles. The van der Waals surface area contributed by atoms with Crippen LogP contribution in [0.25, 0.3) is 22.0 Å². The van der Waals surface area contributed by atoms with Gasteiger partial charge < -0.3 is 20.1 Å². The summed E-state index contributed by atoms with van der Waals surface area (Å²) in [5, 5.41) is 8.44. The smallest absolute Gasteiger partial charge is 0.223 e. The van der Waals surface area contributed by atoms with Gasteiger partial charge in [0.1, 0.15) is 11.5 Å². The standard InChI is InChI=1S/C20H20Cl2N4O2/c1-27-15-8-16(28-2)19(22)17(18(15)21)11-3-4-14-12(7-11)9-24-20(26-14)25-13-5-6-23-10-13/h3-4,7-9,13,23H,5-6,10H2,1-2H3,(H,24,25,26)/t13-/m1/s1. The van der Waals surface area contributed by atoms with Gasteiger partial charge in [0.05, 0.1) is 29.8 Å². The van der Waals surface area contributed by atoms with Crippen LogP contribution in [-0.4, -0.2) is 43.3 Å². The van der Waals surface area contributed by atoms with Gasteiger partial charge in [-0.2, -0.15) is 0 Å². The second-order valence-electron chi connectivity index (χ2n) is 6.59. The van der Waals surface area contributed by atoms with E-state index in [-0.39, 0.29) is 0 Å². The number of ether oxygens (including phenoxy) is 2. The van der Waals surface area contributed by atoms with Gasteiger partial charge in [-0.3, -0.25) is 0 Å². The van der Waals surface area contributed by atoms with Gasteiger partial charge in [0.2, 0.25) is 5.95 Å². The van der Waals surface area contributed by atoms with E-state index in [9.17, 15) is 0 Å². The number of aromatic nitrogens is 2. The number of halogens is 2. The van der Waals surface area contributed by atoms with Crippen molar-refractivity contribution in [3.8, 4) is 22.6 Å². The van der Waals surface area contributed by atoms with Crippen LogP contribution in [0.4, 0.5) is 5.95 Å². The molecule has 4 rings (SSSR count). The van der Waals surface area contributed by atoms with Gasteiger partial charge in [-0.15, -0.1) is 0 Å². The molecule has 0 amide bonds. The molecule has 1 aromatic heterocycles. The summed E-state index contributed by atoms with van der Waals surface area (Å²) in [5.74, 6) is 1.63. The van der Waals surface area contributed by atoms with E-state index in [1.165, 1.54) is 0 Å². The molecule has 1 atom stereocenters. The van der Waals surface area contributed by atoms with Crippen molar-refractivity contribution in [3.63, 3.8) is 0 Å². The van der Waals surface area contributed by atoms with E-state index >= 15 is 0 Å². The number of fused-ring (bicyclic) bond motifs is 1. The molecule has 2 aromatic carbocycles. The van der Waals surface area contributed by atoms with E-state index in [1.54, 1.807) is 26.5 Å². The van der Waals surface area contributed by atoms with Crippen LogP contribution < -0.4 is 20.1 Å². The minimum atomic E-state index is 0.360. The lowest BCUT2D eigenvalue weighted by Crippen LogP contribution is -2.23. The quantitative estimate of drug-likeness (QED) is 0.639. The van der Waals surface area contributed by atoms with Crippen molar-refractivity contribution in [3.05, 3.63) is 40.5 Å². The Labute approximate surface area is 173 Å². The van der Waals surface area contributed by atoms with Crippen LogP contribution in [-0.2, 0) is 0 Å². The number of benzene rings is 2. The third-order valence-corrected chi connectivity index (χ3v) is 5.59. The summed E-state index contributed by atoms with van der Waals surface area (Å²) in [6.07, 6.45) is 2.87. The first-order valence-corrected chi connectivity index (χ1v) is 9.70. The molecule has 146 valence electrons. The maximum absolute atomic E-state index is 6.54. The van der Waals surface area contributed by atoms with Crippen LogP contribution in [0.2, 0.25) is 10.0 Å². The number of nitrogens with one attached hydrogen (secondary N) is 2. The Kier molecular flexibility index (Phi) is 5.44. The molecular formula is C20H20Cl2N4O2. The highest BCUT2D eigenvalue weighted by Gasteiger charge is 2.19. The molecular weight excluding hydrogens is 399 g/mol. The van der Waals surface area contributed by atoms with E-state index < -0.39 is 0 Å². The minimum absolute atomic E-state index is 0.360. The van der Waals surface area contributed by atoms with E-state index in [1.807, 2.05) is 18.2 Å². The fourth-order valence-electron chi connectivity index (χ4n) is 3.36. The molecule has 0 bridgehead atoms. The van der Waals surface area contributed by atoms with Gasteiger partial charge in [0, 0.05) is 35.8 Å². The van der Waals surface area contributed by atoms with Crippen molar-refractivity contribution in [2.24, 2.45) is 0 Å². The fourth-order valence-corrected chi connectivity index (χ4v) is 4.08. The second kappa shape index (κ2) is 7.99. The molecule has 0 unspecified atom stereocenters.